The van der Waals surface area contributed by atoms with Gasteiger partial charge in [-0.25, -0.2) is 0 Å². The van der Waals surface area contributed by atoms with Crippen molar-refractivity contribution in [2.24, 2.45) is 5.73 Å². The lowest BCUT2D eigenvalue weighted by molar-refractivity contribution is -0.123. The Morgan fingerprint density at radius 2 is 2.06 bits per heavy atom. The van der Waals surface area contributed by atoms with E-state index in [9.17, 15) is 4.79 Å². The lowest BCUT2D eigenvalue weighted by Gasteiger charge is -2.21. The number of ketones is 1. The summed E-state index contributed by atoms with van der Waals surface area (Å²) in [6.45, 7) is 2.04. The van der Waals surface area contributed by atoms with E-state index in [1.54, 1.807) is 0 Å². The number of hydrogen-bond acceptors (Lipinski definition) is 2. The molecule has 0 heterocycles. The van der Waals surface area contributed by atoms with Crippen LogP contribution in [0.1, 0.15) is 36.8 Å². The van der Waals surface area contributed by atoms with Crippen LogP contribution in [0.3, 0.4) is 0 Å². The quantitative estimate of drug-likeness (QED) is 0.844. The summed E-state index contributed by atoms with van der Waals surface area (Å²) in [5.41, 5.74) is 7.88. The molecule has 0 bridgehead atoms. The largest absolute Gasteiger partial charge is 0.319 e. The summed E-state index contributed by atoms with van der Waals surface area (Å²) < 4.78 is 0. The van der Waals surface area contributed by atoms with Crippen molar-refractivity contribution < 1.29 is 4.79 Å². The molecule has 1 aromatic rings. The molecule has 1 aliphatic rings. The Kier molecular flexibility index (Phi) is 3.10. The van der Waals surface area contributed by atoms with Crippen molar-refractivity contribution in [1.82, 2.24) is 0 Å². The van der Waals surface area contributed by atoms with Crippen LogP contribution in [0.4, 0.5) is 0 Å². The fourth-order valence-electron chi connectivity index (χ4n) is 2.47. The molecule has 86 valence electrons. The molecule has 1 fully saturated rings. The minimum absolute atomic E-state index is 0.204. The molecule has 0 spiro atoms. The maximum atomic E-state index is 12.1. The van der Waals surface area contributed by atoms with Gasteiger partial charge in [-0.2, -0.15) is 0 Å². The molecule has 16 heavy (non-hydrogen) atoms. The summed E-state index contributed by atoms with van der Waals surface area (Å²) in [4.78, 5) is 12.1. The Labute approximate surface area is 96.8 Å². The molecular formula is C14H19NO. The van der Waals surface area contributed by atoms with Gasteiger partial charge in [-0.1, -0.05) is 42.7 Å². The number of hydrogen-bond donors (Lipinski definition) is 1. The van der Waals surface area contributed by atoms with E-state index in [1.165, 1.54) is 5.56 Å². The molecule has 1 aliphatic carbocycles. The number of carbonyl (C=O) groups excluding carboxylic acids is 1. The predicted molar refractivity (Wildman–Crippen MR) is 65.3 cm³/mol. The van der Waals surface area contributed by atoms with Gasteiger partial charge in [-0.3, -0.25) is 4.79 Å². The van der Waals surface area contributed by atoms with Crippen molar-refractivity contribution in [1.29, 1.82) is 0 Å². The van der Waals surface area contributed by atoms with Crippen LogP contribution in [0.5, 0.6) is 0 Å². The molecule has 1 aromatic carbocycles. The Bertz CT molecular complexity index is 391. The van der Waals surface area contributed by atoms with Crippen LogP contribution < -0.4 is 5.73 Å². The van der Waals surface area contributed by atoms with Gasteiger partial charge in [0.2, 0.25) is 0 Å². The maximum Gasteiger partial charge on any atom is 0.156 e. The zero-order chi connectivity index (χ0) is 11.6. The van der Waals surface area contributed by atoms with Crippen molar-refractivity contribution >= 4 is 5.78 Å². The first-order valence-electron chi connectivity index (χ1n) is 5.98. The maximum absolute atomic E-state index is 12.1. The lowest BCUT2D eigenvalue weighted by Crippen LogP contribution is -2.46. The van der Waals surface area contributed by atoms with Gasteiger partial charge in [0.05, 0.1) is 5.54 Å². The molecular weight excluding hydrogens is 198 g/mol. The highest BCUT2D eigenvalue weighted by Gasteiger charge is 2.36. The number of aryl methyl sites for hydroxylation is 1. The third kappa shape index (κ3) is 2.33. The highest BCUT2D eigenvalue weighted by Crippen LogP contribution is 2.29. The van der Waals surface area contributed by atoms with Gasteiger partial charge >= 0.3 is 0 Å². The highest BCUT2D eigenvalue weighted by molar-refractivity contribution is 5.90. The van der Waals surface area contributed by atoms with Crippen LogP contribution in [0.15, 0.2) is 24.3 Å². The molecule has 0 aliphatic heterocycles. The topological polar surface area (TPSA) is 43.1 Å². The monoisotopic (exact) mass is 217 g/mol. The van der Waals surface area contributed by atoms with Gasteiger partial charge < -0.3 is 5.73 Å². The van der Waals surface area contributed by atoms with Gasteiger partial charge in [0.25, 0.3) is 0 Å². The second kappa shape index (κ2) is 4.38. The molecule has 2 N–H and O–H groups in total. The highest BCUT2D eigenvalue weighted by atomic mass is 16.1. The second-order valence-electron chi connectivity index (χ2n) is 4.95. The van der Waals surface area contributed by atoms with Crippen molar-refractivity contribution in [2.45, 2.75) is 44.6 Å². The lowest BCUT2D eigenvalue weighted by atomic mass is 9.89. The van der Waals surface area contributed by atoms with Gasteiger partial charge in [0.1, 0.15) is 0 Å². The predicted octanol–water partition coefficient (Wildman–Crippen LogP) is 2.38. The molecule has 0 radical (unpaired) electrons. The van der Waals surface area contributed by atoms with Crippen LogP contribution in [0, 0.1) is 6.92 Å². The van der Waals surface area contributed by atoms with E-state index in [0.717, 1.165) is 31.2 Å². The summed E-state index contributed by atoms with van der Waals surface area (Å²) in [5.74, 6) is 0.204. The summed E-state index contributed by atoms with van der Waals surface area (Å²) in [5, 5.41) is 0. The van der Waals surface area contributed by atoms with Crippen molar-refractivity contribution in [3.63, 3.8) is 0 Å². The van der Waals surface area contributed by atoms with Gasteiger partial charge in [0, 0.05) is 6.42 Å². The van der Waals surface area contributed by atoms with E-state index in [1.807, 2.05) is 25.1 Å². The fraction of sp³-hybridized carbons (Fsp3) is 0.500. The molecule has 2 rings (SSSR count). The average molecular weight is 217 g/mol. The Morgan fingerprint density at radius 3 is 2.69 bits per heavy atom. The molecule has 0 aromatic heterocycles. The van der Waals surface area contributed by atoms with Crippen LogP contribution in [-0.4, -0.2) is 11.3 Å². The normalized spacial score (nSPS) is 18.6. The third-order valence-electron chi connectivity index (χ3n) is 3.50. The molecule has 0 unspecified atom stereocenters. The van der Waals surface area contributed by atoms with Gasteiger partial charge in [-0.05, 0) is 25.3 Å². The van der Waals surface area contributed by atoms with Crippen LogP contribution >= 0.6 is 0 Å². The second-order valence-corrected chi connectivity index (χ2v) is 4.95. The van der Waals surface area contributed by atoms with E-state index in [4.69, 9.17) is 5.73 Å². The van der Waals surface area contributed by atoms with Gasteiger partial charge in [0.15, 0.2) is 5.78 Å². The molecule has 0 atom stereocenters. The first-order chi connectivity index (χ1) is 7.60. The third-order valence-corrected chi connectivity index (χ3v) is 3.50. The minimum Gasteiger partial charge on any atom is -0.319 e. The van der Waals surface area contributed by atoms with Crippen molar-refractivity contribution in [3.05, 3.63) is 35.4 Å². The summed E-state index contributed by atoms with van der Waals surface area (Å²) in [7, 11) is 0. The number of rotatable bonds is 3. The first-order valence-corrected chi connectivity index (χ1v) is 5.98. The molecule has 1 saturated carbocycles. The molecule has 0 amide bonds. The smallest absolute Gasteiger partial charge is 0.156 e. The summed E-state index contributed by atoms with van der Waals surface area (Å²) >= 11 is 0. The zero-order valence-corrected chi connectivity index (χ0v) is 9.83. The van der Waals surface area contributed by atoms with E-state index >= 15 is 0 Å². The van der Waals surface area contributed by atoms with Crippen molar-refractivity contribution in [3.8, 4) is 0 Å². The summed E-state index contributed by atoms with van der Waals surface area (Å²) in [6.07, 6.45) is 4.39. The van der Waals surface area contributed by atoms with Crippen LogP contribution in [0.2, 0.25) is 0 Å². The SMILES string of the molecule is Cc1cccc(CC(=O)C2(N)CCCC2)c1. The van der Waals surface area contributed by atoms with Crippen LogP contribution in [0.25, 0.3) is 0 Å². The van der Waals surface area contributed by atoms with Crippen molar-refractivity contribution in [2.75, 3.05) is 0 Å². The minimum atomic E-state index is -0.538. The average Bonchev–Trinajstić information content (AvgIpc) is 2.66. The molecule has 2 heteroatoms. The number of nitrogens with two attached hydrogens (primary N) is 1. The number of benzene rings is 1. The fourth-order valence-corrected chi connectivity index (χ4v) is 2.47. The number of carbonyl (C=O) groups is 1. The summed E-state index contributed by atoms with van der Waals surface area (Å²) in [6, 6.07) is 8.11. The molecule has 0 saturated heterocycles. The van der Waals surface area contributed by atoms with E-state index in [-0.39, 0.29) is 5.78 Å². The number of Topliss-reactive ketones (excluding diaryl/α,β-unsaturated/α-hetero) is 1. The zero-order valence-electron chi connectivity index (χ0n) is 9.83. The van der Waals surface area contributed by atoms with Crippen LogP contribution in [-0.2, 0) is 11.2 Å². The van der Waals surface area contributed by atoms with E-state index in [0.29, 0.717) is 6.42 Å². The Morgan fingerprint density at radius 1 is 1.38 bits per heavy atom. The first kappa shape index (κ1) is 11.3. The van der Waals surface area contributed by atoms with E-state index < -0.39 is 5.54 Å². The Hall–Kier alpha value is -1.15. The Balaban J connectivity index is 2.07. The standard InChI is InChI=1S/C14H19NO/c1-11-5-4-6-12(9-11)10-13(16)14(15)7-2-3-8-14/h4-6,9H,2-3,7-8,10,15H2,1H3. The molecule has 2 nitrogen and oxygen atoms in total. The van der Waals surface area contributed by atoms with E-state index in [2.05, 4.69) is 6.07 Å². The van der Waals surface area contributed by atoms with Gasteiger partial charge in [-0.15, -0.1) is 0 Å².